The lowest BCUT2D eigenvalue weighted by atomic mass is 9.81. The van der Waals surface area contributed by atoms with Crippen molar-refractivity contribution in [1.29, 1.82) is 0 Å². The topological polar surface area (TPSA) is 78.5 Å². The van der Waals surface area contributed by atoms with Crippen LogP contribution in [-0.4, -0.2) is 51.2 Å². The Kier molecular flexibility index (Phi) is 7.40. The molecule has 2 amide bonds. The number of alkyl halides is 2. The van der Waals surface area contributed by atoms with Gasteiger partial charge < -0.3 is 10.2 Å². The van der Waals surface area contributed by atoms with Crippen LogP contribution in [0.2, 0.25) is 0 Å². The van der Waals surface area contributed by atoms with Gasteiger partial charge in [0, 0.05) is 45.3 Å². The first-order chi connectivity index (χ1) is 17.3. The Morgan fingerprint density at radius 2 is 1.68 bits per heavy atom. The average molecular weight is 540 g/mol. The van der Waals surface area contributed by atoms with E-state index in [1.54, 1.807) is 0 Å². The highest BCUT2D eigenvalue weighted by Gasteiger charge is 2.52. The van der Waals surface area contributed by atoms with E-state index in [1.807, 2.05) is 0 Å². The molecule has 6 nitrogen and oxygen atoms in total. The van der Waals surface area contributed by atoms with Crippen LogP contribution in [0, 0.1) is 18.6 Å². The number of carbonyl (C=O) groups excluding carboxylic acids is 2. The fourth-order valence-corrected chi connectivity index (χ4v) is 6.17. The fourth-order valence-electron chi connectivity index (χ4n) is 5.27. The van der Waals surface area contributed by atoms with Crippen molar-refractivity contribution in [3.8, 4) is 0 Å². The predicted octanol–water partition coefficient (Wildman–Crippen LogP) is 4.38. The quantitative estimate of drug-likeness (QED) is 0.423. The van der Waals surface area contributed by atoms with Crippen molar-refractivity contribution in [3.05, 3.63) is 64.7 Å². The summed E-state index contributed by atoms with van der Waals surface area (Å²) in [7, 11) is -2.52. The normalized spacial score (nSPS) is 23.3. The summed E-state index contributed by atoms with van der Waals surface area (Å²) in [6, 6.07) is 5.02. The number of hydrogen-bond donors (Lipinski definition) is 2. The van der Waals surface area contributed by atoms with E-state index < -0.39 is 56.7 Å². The third-order valence-electron chi connectivity index (χ3n) is 6.88. The van der Waals surface area contributed by atoms with E-state index in [2.05, 4.69) is 15.9 Å². The van der Waals surface area contributed by atoms with Crippen LogP contribution in [0.25, 0.3) is 0 Å². The van der Waals surface area contributed by atoms with Gasteiger partial charge in [-0.2, -0.15) is 8.78 Å². The molecule has 0 spiro atoms. The number of halogens is 4. The molecule has 2 fully saturated rings. The number of hydrogen-bond acceptors (Lipinski definition) is 3. The van der Waals surface area contributed by atoms with Crippen LogP contribution in [0.5, 0.6) is 0 Å². The van der Waals surface area contributed by atoms with Gasteiger partial charge in [0.25, 0.3) is 11.8 Å². The van der Waals surface area contributed by atoms with Crippen molar-refractivity contribution < 1.29 is 31.4 Å². The van der Waals surface area contributed by atoms with Crippen molar-refractivity contribution in [1.82, 2.24) is 9.62 Å². The lowest BCUT2D eigenvalue weighted by molar-refractivity contribution is -0.170. The van der Waals surface area contributed by atoms with E-state index in [4.69, 9.17) is 0 Å². The minimum Gasteiger partial charge on any atom is -0.331 e. The van der Waals surface area contributed by atoms with E-state index in [1.165, 1.54) is 25.3 Å². The smallest absolute Gasteiger partial charge is 0.331 e. The van der Waals surface area contributed by atoms with Gasteiger partial charge in [0.15, 0.2) is 0 Å². The summed E-state index contributed by atoms with van der Waals surface area (Å²) >= 11 is 0. The minimum atomic E-state index is -4.22. The zero-order valence-electron chi connectivity index (χ0n) is 20.5. The number of amides is 2. The SMILES string of the molecule is C=S(C)(=O)NC1C[C@H]2CCC[C@@H](C1)N2C(=O)C(F)(F)c1cc(C(=O)Nc2ccc(F)c(C)c2)ccc1F. The number of anilines is 1. The predicted molar refractivity (Wildman–Crippen MR) is 135 cm³/mol. The van der Waals surface area contributed by atoms with Crippen LogP contribution in [0.4, 0.5) is 23.2 Å². The van der Waals surface area contributed by atoms with E-state index in [0.717, 1.165) is 29.5 Å². The second-order valence-corrected chi connectivity index (χ2v) is 12.2. The number of fused-ring (bicyclic) bond motifs is 2. The number of piperidine rings is 2. The monoisotopic (exact) mass is 539 g/mol. The molecule has 2 bridgehead atoms. The molecule has 4 atom stereocenters. The van der Waals surface area contributed by atoms with Gasteiger partial charge in [0.1, 0.15) is 11.6 Å². The Morgan fingerprint density at radius 1 is 1.05 bits per heavy atom. The zero-order valence-corrected chi connectivity index (χ0v) is 21.3. The molecule has 2 aromatic rings. The largest absolute Gasteiger partial charge is 0.352 e. The summed E-state index contributed by atoms with van der Waals surface area (Å²) in [5.74, 6) is -4.74. The van der Waals surface area contributed by atoms with Crippen LogP contribution in [0.15, 0.2) is 36.4 Å². The molecule has 2 N–H and O–H groups in total. The molecular weight excluding hydrogens is 510 g/mol. The van der Waals surface area contributed by atoms with Crippen molar-refractivity contribution in [3.63, 3.8) is 0 Å². The lowest BCUT2D eigenvalue weighted by Crippen LogP contribution is -2.61. The molecule has 0 radical (unpaired) electrons. The first-order valence-electron chi connectivity index (χ1n) is 11.9. The Hall–Kier alpha value is -2.92. The highest BCUT2D eigenvalue weighted by molar-refractivity contribution is 7.97. The van der Waals surface area contributed by atoms with Gasteiger partial charge in [0.05, 0.1) is 5.56 Å². The Morgan fingerprint density at radius 3 is 2.27 bits per heavy atom. The molecule has 4 rings (SSSR count). The summed E-state index contributed by atoms with van der Waals surface area (Å²) in [5.41, 5.74) is -0.953. The number of nitrogens with zero attached hydrogens (tertiary/aromatic N) is 1. The Labute approximate surface area is 213 Å². The molecule has 2 heterocycles. The van der Waals surface area contributed by atoms with E-state index >= 15 is 8.78 Å². The lowest BCUT2D eigenvalue weighted by Gasteiger charge is -2.49. The molecule has 200 valence electrons. The van der Waals surface area contributed by atoms with Gasteiger partial charge in [-0.15, -0.1) is 0 Å². The summed E-state index contributed by atoms with van der Waals surface area (Å²) in [6.07, 6.45) is 3.89. The van der Waals surface area contributed by atoms with Crippen molar-refractivity contribution >= 4 is 33.1 Å². The Balaban J connectivity index is 1.57. The maximum absolute atomic E-state index is 15.6. The molecule has 2 aliphatic heterocycles. The highest BCUT2D eigenvalue weighted by atomic mass is 32.2. The average Bonchev–Trinajstić information content (AvgIpc) is 2.79. The van der Waals surface area contributed by atoms with Crippen LogP contribution >= 0.6 is 0 Å². The number of carbonyl (C=O) groups is 2. The number of benzene rings is 2. The van der Waals surface area contributed by atoms with Gasteiger partial charge in [0.2, 0.25) is 0 Å². The molecule has 37 heavy (non-hydrogen) atoms. The first-order valence-corrected chi connectivity index (χ1v) is 14.1. The van der Waals surface area contributed by atoms with Crippen molar-refractivity contribution in [2.45, 2.75) is 63.1 Å². The molecule has 0 aromatic heterocycles. The summed E-state index contributed by atoms with van der Waals surface area (Å²) < 4.78 is 74.3. The third-order valence-corrected chi connectivity index (χ3v) is 7.71. The third kappa shape index (κ3) is 5.82. The van der Waals surface area contributed by atoms with Crippen molar-refractivity contribution in [2.24, 2.45) is 0 Å². The molecular formula is C26H29F4N3O3S. The summed E-state index contributed by atoms with van der Waals surface area (Å²) in [4.78, 5) is 27.0. The molecule has 2 unspecified atom stereocenters. The number of aryl methyl sites for hydroxylation is 1. The maximum Gasteiger partial charge on any atom is 0.352 e. The van der Waals surface area contributed by atoms with E-state index in [0.29, 0.717) is 31.7 Å². The van der Waals surface area contributed by atoms with Gasteiger partial charge in [-0.25, -0.2) is 13.5 Å². The van der Waals surface area contributed by atoms with Crippen molar-refractivity contribution in [2.75, 3.05) is 11.6 Å². The van der Waals surface area contributed by atoms with E-state index in [9.17, 15) is 22.6 Å². The second-order valence-electron chi connectivity index (χ2n) is 9.93. The maximum atomic E-state index is 15.6. The summed E-state index contributed by atoms with van der Waals surface area (Å²) in [6.45, 7) is 1.50. The zero-order chi connectivity index (χ0) is 27.1. The number of nitrogens with one attached hydrogen (secondary N) is 2. The molecule has 2 saturated heterocycles. The van der Waals surface area contributed by atoms with Crippen LogP contribution in [-0.2, 0) is 20.4 Å². The van der Waals surface area contributed by atoms with Gasteiger partial charge in [-0.3, -0.25) is 13.8 Å². The van der Waals surface area contributed by atoms with Crippen LogP contribution in [0.1, 0.15) is 53.6 Å². The molecule has 0 saturated carbocycles. The van der Waals surface area contributed by atoms with Crippen LogP contribution < -0.4 is 10.0 Å². The molecule has 11 heteroatoms. The standard InChI is InChI=1S/C26H29F4N3O3S/c1-15-11-17(8-10-22(15)27)31-24(34)16-7-9-23(28)21(12-16)26(29,30)25(35)33-19-5-4-6-20(33)14-18(13-19)32-37(2,3)36/h7-12,18-20H,2,4-6,13-14H2,1,3H3,(H,31,34)(H,32,36)/t18?,19-,20+,37?. The second kappa shape index (κ2) is 10.1. The molecule has 0 aliphatic carbocycles. The fraction of sp³-hybridized carbons (Fsp3) is 0.423. The molecule has 2 aromatic carbocycles. The van der Waals surface area contributed by atoms with Gasteiger partial charge in [-0.05, 0) is 86.9 Å². The van der Waals surface area contributed by atoms with E-state index in [-0.39, 0.29) is 22.9 Å². The Bertz CT molecular complexity index is 1320. The number of rotatable bonds is 6. The minimum absolute atomic E-state index is 0.234. The van der Waals surface area contributed by atoms with Crippen LogP contribution in [0.3, 0.4) is 0 Å². The summed E-state index contributed by atoms with van der Waals surface area (Å²) in [5, 5.41) is 2.47. The first kappa shape index (κ1) is 27.1. The van der Waals surface area contributed by atoms with Gasteiger partial charge >= 0.3 is 5.92 Å². The highest BCUT2D eigenvalue weighted by Crippen LogP contribution is 2.40. The molecule has 2 aliphatic rings. The van der Waals surface area contributed by atoms with Gasteiger partial charge in [-0.1, -0.05) is 0 Å².